The summed E-state index contributed by atoms with van der Waals surface area (Å²) in [5.74, 6) is -1.00. The van der Waals surface area contributed by atoms with Crippen LogP contribution in [0.15, 0.2) is 0 Å². The monoisotopic (exact) mass is 214 g/mol. The van der Waals surface area contributed by atoms with E-state index in [1.165, 1.54) is 0 Å². The first-order chi connectivity index (χ1) is 5.69. The number of hydrogen-bond acceptors (Lipinski definition) is 3. The number of carbonyl (C=O) groups excluding carboxylic acids is 1. The fraction of sp³-hybridized carbons (Fsp3) is 0.833. The van der Waals surface area contributed by atoms with E-state index in [1.807, 2.05) is 0 Å². The van der Waals surface area contributed by atoms with Gasteiger partial charge < -0.3 is 14.9 Å². The molecule has 13 heavy (non-hydrogen) atoms. The van der Waals surface area contributed by atoms with Crippen LogP contribution in [0.2, 0.25) is 0 Å². The predicted octanol–water partition coefficient (Wildman–Crippen LogP) is -0.156. The number of ketones is 1. The van der Waals surface area contributed by atoms with Crippen molar-refractivity contribution >= 4 is 13.4 Å². The maximum absolute atomic E-state index is 12.9. The van der Waals surface area contributed by atoms with Crippen LogP contribution in [0.25, 0.3) is 0 Å². The second kappa shape index (κ2) is 4.28. The quantitative estimate of drug-likeness (QED) is 0.553. The summed E-state index contributed by atoms with van der Waals surface area (Å²) in [4.78, 5) is 27.6. The van der Waals surface area contributed by atoms with Crippen molar-refractivity contribution < 1.29 is 28.6 Å². The fourth-order valence-electron chi connectivity index (χ4n) is 0.596. The first-order valence-corrected chi connectivity index (χ1v) is 5.36. The minimum absolute atomic E-state index is 0.572. The normalized spacial score (nSPS) is 16.7. The summed E-state index contributed by atoms with van der Waals surface area (Å²) in [5, 5.41) is 8.40. The lowest BCUT2D eigenvalue weighted by Crippen LogP contribution is -2.34. The SMILES string of the molecule is CC(F)(CO)C(=O)CCP(=O)(O)O. The Morgan fingerprint density at radius 2 is 2.00 bits per heavy atom. The van der Waals surface area contributed by atoms with Gasteiger partial charge in [0.05, 0.1) is 12.8 Å². The molecule has 1 atom stereocenters. The number of rotatable bonds is 5. The van der Waals surface area contributed by atoms with Gasteiger partial charge in [0.15, 0.2) is 11.5 Å². The van der Waals surface area contributed by atoms with Crippen LogP contribution in [0.5, 0.6) is 0 Å². The lowest BCUT2D eigenvalue weighted by atomic mass is 10.0. The molecule has 7 heteroatoms. The van der Waals surface area contributed by atoms with Crippen LogP contribution < -0.4 is 0 Å². The summed E-state index contributed by atoms with van der Waals surface area (Å²) in [6.45, 7) is -0.109. The van der Waals surface area contributed by atoms with Gasteiger partial charge in [-0.1, -0.05) is 0 Å². The van der Waals surface area contributed by atoms with Gasteiger partial charge in [0.25, 0.3) is 0 Å². The molecule has 0 saturated carbocycles. The molecule has 0 rings (SSSR count). The summed E-state index contributed by atoms with van der Waals surface area (Å²) < 4.78 is 23.2. The maximum Gasteiger partial charge on any atom is 0.326 e. The van der Waals surface area contributed by atoms with E-state index in [2.05, 4.69) is 0 Å². The standard InChI is InChI=1S/C6H12FO5P/c1-6(7,4-8)5(9)2-3-13(10,11)12/h8H,2-4H2,1H3,(H2,10,11,12). The number of halogens is 1. The van der Waals surface area contributed by atoms with Gasteiger partial charge >= 0.3 is 7.60 Å². The van der Waals surface area contributed by atoms with Crippen LogP contribution in [0.3, 0.4) is 0 Å². The molecule has 0 aromatic heterocycles. The second-order valence-electron chi connectivity index (χ2n) is 2.92. The maximum atomic E-state index is 12.9. The topological polar surface area (TPSA) is 94.8 Å². The molecule has 0 spiro atoms. The van der Waals surface area contributed by atoms with Gasteiger partial charge in [-0.3, -0.25) is 9.36 Å². The average Bonchev–Trinajstić information content (AvgIpc) is 1.98. The van der Waals surface area contributed by atoms with Gasteiger partial charge in [-0.25, -0.2) is 4.39 Å². The summed E-state index contributed by atoms with van der Waals surface area (Å²) in [6, 6.07) is 0. The van der Waals surface area contributed by atoms with Crippen molar-refractivity contribution in [2.75, 3.05) is 12.8 Å². The highest BCUT2D eigenvalue weighted by Crippen LogP contribution is 2.35. The van der Waals surface area contributed by atoms with Crippen molar-refractivity contribution in [1.29, 1.82) is 0 Å². The molecular weight excluding hydrogens is 202 g/mol. The molecule has 0 aromatic rings. The number of hydrogen-bond donors (Lipinski definition) is 3. The third-order valence-corrected chi connectivity index (χ3v) is 2.31. The minimum atomic E-state index is -4.27. The molecule has 0 fully saturated rings. The Kier molecular flexibility index (Phi) is 4.19. The molecule has 3 N–H and O–H groups in total. The summed E-state index contributed by atoms with van der Waals surface area (Å²) >= 11 is 0. The van der Waals surface area contributed by atoms with Crippen LogP contribution in [0, 0.1) is 0 Å². The number of Topliss-reactive ketones (excluding diaryl/α,β-unsaturated/α-hetero) is 1. The Morgan fingerprint density at radius 1 is 1.54 bits per heavy atom. The van der Waals surface area contributed by atoms with E-state index in [9.17, 15) is 13.8 Å². The first-order valence-electron chi connectivity index (χ1n) is 3.57. The van der Waals surface area contributed by atoms with Crippen molar-refractivity contribution in [2.45, 2.75) is 19.0 Å². The van der Waals surface area contributed by atoms with Crippen molar-refractivity contribution in [3.05, 3.63) is 0 Å². The van der Waals surface area contributed by atoms with Crippen LogP contribution in [-0.4, -0.2) is 39.1 Å². The third-order valence-electron chi connectivity index (χ3n) is 1.51. The minimum Gasteiger partial charge on any atom is -0.393 e. The van der Waals surface area contributed by atoms with E-state index >= 15 is 0 Å². The molecular formula is C6H12FO5P. The highest BCUT2D eigenvalue weighted by Gasteiger charge is 2.32. The molecule has 0 aliphatic carbocycles. The van der Waals surface area contributed by atoms with Crippen LogP contribution >= 0.6 is 7.60 Å². The highest BCUT2D eigenvalue weighted by atomic mass is 31.2. The number of aliphatic hydroxyl groups is 1. The highest BCUT2D eigenvalue weighted by molar-refractivity contribution is 7.51. The lowest BCUT2D eigenvalue weighted by molar-refractivity contribution is -0.131. The molecule has 0 radical (unpaired) electrons. The van der Waals surface area contributed by atoms with E-state index in [0.29, 0.717) is 0 Å². The van der Waals surface area contributed by atoms with Crippen LogP contribution in [-0.2, 0) is 9.36 Å². The van der Waals surface area contributed by atoms with Crippen molar-refractivity contribution in [3.63, 3.8) is 0 Å². The Bertz CT molecular complexity index is 233. The zero-order chi connectivity index (χ0) is 10.7. The number of alkyl halides is 1. The van der Waals surface area contributed by atoms with E-state index in [4.69, 9.17) is 14.9 Å². The lowest BCUT2D eigenvalue weighted by Gasteiger charge is -2.15. The summed E-state index contributed by atoms with van der Waals surface area (Å²) in [5.41, 5.74) is -2.41. The van der Waals surface area contributed by atoms with Crippen LogP contribution in [0.1, 0.15) is 13.3 Å². The largest absolute Gasteiger partial charge is 0.393 e. The molecule has 0 heterocycles. The molecule has 5 nitrogen and oxygen atoms in total. The van der Waals surface area contributed by atoms with E-state index in [0.717, 1.165) is 6.92 Å². The van der Waals surface area contributed by atoms with Gasteiger partial charge in [-0.05, 0) is 6.92 Å². The van der Waals surface area contributed by atoms with Crippen molar-refractivity contribution in [1.82, 2.24) is 0 Å². The first kappa shape index (κ1) is 12.7. The van der Waals surface area contributed by atoms with E-state index in [1.54, 1.807) is 0 Å². The predicted molar refractivity (Wildman–Crippen MR) is 43.1 cm³/mol. The van der Waals surface area contributed by atoms with Gasteiger partial charge in [-0.2, -0.15) is 0 Å². The van der Waals surface area contributed by atoms with E-state index in [-0.39, 0.29) is 0 Å². The van der Waals surface area contributed by atoms with Gasteiger partial charge in [-0.15, -0.1) is 0 Å². The summed E-state index contributed by atoms with van der Waals surface area (Å²) in [6.07, 6.45) is -1.26. The molecule has 0 aromatic carbocycles. The average molecular weight is 214 g/mol. The Balaban J connectivity index is 4.11. The Labute approximate surface area is 74.7 Å². The molecule has 0 amide bonds. The van der Waals surface area contributed by atoms with Gasteiger partial charge in [0.1, 0.15) is 0 Å². The smallest absolute Gasteiger partial charge is 0.326 e. The van der Waals surface area contributed by atoms with Gasteiger partial charge in [0.2, 0.25) is 0 Å². The zero-order valence-electron chi connectivity index (χ0n) is 7.10. The second-order valence-corrected chi connectivity index (χ2v) is 4.69. The number of carbonyl (C=O) groups is 1. The molecule has 0 bridgehead atoms. The van der Waals surface area contributed by atoms with Gasteiger partial charge in [0, 0.05) is 6.42 Å². The molecule has 0 saturated heterocycles. The Hall–Kier alpha value is -0.290. The molecule has 78 valence electrons. The van der Waals surface area contributed by atoms with Crippen molar-refractivity contribution in [3.8, 4) is 0 Å². The Morgan fingerprint density at radius 3 is 2.31 bits per heavy atom. The van der Waals surface area contributed by atoms with E-state index < -0.39 is 38.2 Å². The van der Waals surface area contributed by atoms with Crippen molar-refractivity contribution in [2.24, 2.45) is 0 Å². The van der Waals surface area contributed by atoms with Crippen LogP contribution in [0.4, 0.5) is 4.39 Å². The molecule has 0 aliphatic rings. The molecule has 0 aliphatic heterocycles. The third kappa shape index (κ3) is 5.10. The fourth-order valence-corrected chi connectivity index (χ4v) is 1.09. The molecule has 1 unspecified atom stereocenters. The summed E-state index contributed by atoms with van der Waals surface area (Å²) in [7, 11) is -4.27. The zero-order valence-corrected chi connectivity index (χ0v) is 8.00. The number of aliphatic hydroxyl groups excluding tert-OH is 1.